The minimum absolute atomic E-state index is 0.799. The van der Waals surface area contributed by atoms with Gasteiger partial charge < -0.3 is 5.32 Å². The predicted molar refractivity (Wildman–Crippen MR) is 82.2 cm³/mol. The van der Waals surface area contributed by atoms with E-state index in [0.717, 1.165) is 17.2 Å². The minimum Gasteiger partial charge on any atom is -0.313 e. The summed E-state index contributed by atoms with van der Waals surface area (Å²) in [5, 5.41) is 4.75. The van der Waals surface area contributed by atoms with E-state index < -0.39 is 0 Å². The van der Waals surface area contributed by atoms with Gasteiger partial charge in [0.1, 0.15) is 0 Å². The summed E-state index contributed by atoms with van der Waals surface area (Å²) >= 11 is 4.40. The SMILES string of the molecule is CCCNC(C1CCCCC1)C1CSCCS1. The summed E-state index contributed by atoms with van der Waals surface area (Å²) in [5.74, 6) is 5.08. The lowest BCUT2D eigenvalue weighted by Gasteiger charge is -2.37. The van der Waals surface area contributed by atoms with Gasteiger partial charge in [-0.15, -0.1) is 0 Å². The van der Waals surface area contributed by atoms with Crippen molar-refractivity contribution in [3.05, 3.63) is 0 Å². The Morgan fingerprint density at radius 3 is 2.65 bits per heavy atom. The van der Waals surface area contributed by atoms with Crippen molar-refractivity contribution >= 4 is 23.5 Å². The molecule has 2 atom stereocenters. The third-order valence-corrected chi connectivity index (χ3v) is 6.91. The lowest BCUT2D eigenvalue weighted by Crippen LogP contribution is -2.47. The van der Waals surface area contributed by atoms with E-state index in [0.29, 0.717) is 0 Å². The molecule has 0 aromatic carbocycles. The molecule has 0 spiro atoms. The van der Waals surface area contributed by atoms with Crippen molar-refractivity contribution in [1.29, 1.82) is 0 Å². The number of thioether (sulfide) groups is 2. The molecule has 1 aliphatic carbocycles. The van der Waals surface area contributed by atoms with Crippen LogP contribution in [-0.2, 0) is 0 Å². The molecule has 0 bridgehead atoms. The first-order chi connectivity index (χ1) is 8.42. The zero-order valence-corrected chi connectivity index (χ0v) is 12.8. The Morgan fingerprint density at radius 2 is 2.00 bits per heavy atom. The summed E-state index contributed by atoms with van der Waals surface area (Å²) in [4.78, 5) is 0. The van der Waals surface area contributed by atoms with Gasteiger partial charge in [0.05, 0.1) is 0 Å². The molecule has 1 aliphatic heterocycles. The van der Waals surface area contributed by atoms with E-state index in [1.54, 1.807) is 0 Å². The number of rotatable bonds is 5. The minimum atomic E-state index is 0.799. The van der Waals surface area contributed by atoms with Gasteiger partial charge in [-0.3, -0.25) is 0 Å². The molecule has 0 aromatic heterocycles. The molecular weight excluding hydrogens is 246 g/mol. The summed E-state index contributed by atoms with van der Waals surface area (Å²) in [5.41, 5.74) is 0. The van der Waals surface area contributed by atoms with Gasteiger partial charge in [-0.1, -0.05) is 26.2 Å². The fourth-order valence-electron chi connectivity index (χ4n) is 3.12. The average molecular weight is 274 g/mol. The van der Waals surface area contributed by atoms with Crippen molar-refractivity contribution in [1.82, 2.24) is 5.32 Å². The van der Waals surface area contributed by atoms with Crippen molar-refractivity contribution in [2.45, 2.75) is 56.7 Å². The molecule has 1 nitrogen and oxygen atoms in total. The molecule has 2 fully saturated rings. The molecule has 17 heavy (non-hydrogen) atoms. The maximum absolute atomic E-state index is 3.87. The van der Waals surface area contributed by atoms with Gasteiger partial charge in [0.25, 0.3) is 0 Å². The van der Waals surface area contributed by atoms with E-state index in [1.165, 1.54) is 62.3 Å². The molecule has 0 amide bonds. The van der Waals surface area contributed by atoms with Crippen LogP contribution in [0, 0.1) is 5.92 Å². The van der Waals surface area contributed by atoms with E-state index >= 15 is 0 Å². The molecule has 2 aliphatic rings. The maximum atomic E-state index is 3.87. The Labute approximate surface area is 115 Å². The van der Waals surface area contributed by atoms with Crippen LogP contribution in [0.4, 0.5) is 0 Å². The highest BCUT2D eigenvalue weighted by Gasteiger charge is 2.31. The van der Waals surface area contributed by atoms with Gasteiger partial charge in [-0.05, 0) is 31.7 Å². The number of hydrogen-bond donors (Lipinski definition) is 1. The standard InChI is InChI=1S/C14H27NS2/c1-2-8-15-14(12-6-4-3-5-7-12)13-11-16-9-10-17-13/h12-15H,2-11H2,1H3. The molecule has 2 unspecified atom stereocenters. The van der Waals surface area contributed by atoms with Crippen molar-refractivity contribution < 1.29 is 0 Å². The van der Waals surface area contributed by atoms with Crippen LogP contribution in [0.1, 0.15) is 45.4 Å². The monoisotopic (exact) mass is 273 g/mol. The Bertz CT molecular complexity index is 180. The third-order valence-electron chi connectivity index (χ3n) is 4.03. The van der Waals surface area contributed by atoms with Crippen molar-refractivity contribution in [2.24, 2.45) is 5.92 Å². The second-order valence-corrected chi connectivity index (χ2v) is 7.86. The highest BCUT2D eigenvalue weighted by atomic mass is 32.2. The molecule has 1 saturated heterocycles. The summed E-state index contributed by atoms with van der Waals surface area (Å²) in [6, 6.07) is 0.799. The number of nitrogens with one attached hydrogen (secondary N) is 1. The Morgan fingerprint density at radius 1 is 1.18 bits per heavy atom. The van der Waals surface area contributed by atoms with E-state index in [4.69, 9.17) is 0 Å². The van der Waals surface area contributed by atoms with Crippen molar-refractivity contribution in [3.8, 4) is 0 Å². The molecule has 3 heteroatoms. The first-order valence-electron chi connectivity index (χ1n) is 7.34. The van der Waals surface area contributed by atoms with Crippen LogP contribution in [0.5, 0.6) is 0 Å². The Balaban J connectivity index is 1.90. The van der Waals surface area contributed by atoms with Crippen LogP contribution >= 0.6 is 23.5 Å². The average Bonchev–Trinajstić information content (AvgIpc) is 2.42. The highest BCUT2D eigenvalue weighted by molar-refractivity contribution is 8.06. The lowest BCUT2D eigenvalue weighted by molar-refractivity contribution is 0.268. The lowest BCUT2D eigenvalue weighted by atomic mass is 9.82. The topological polar surface area (TPSA) is 12.0 Å². The summed E-state index contributed by atoms with van der Waals surface area (Å²) in [6.45, 7) is 3.50. The second kappa shape index (κ2) is 7.96. The zero-order chi connectivity index (χ0) is 11.9. The van der Waals surface area contributed by atoms with Crippen molar-refractivity contribution in [3.63, 3.8) is 0 Å². The van der Waals surface area contributed by atoms with Crippen LogP contribution in [0.3, 0.4) is 0 Å². The molecule has 1 N–H and O–H groups in total. The molecule has 2 rings (SSSR count). The summed E-state index contributed by atoms with van der Waals surface area (Å²) in [7, 11) is 0. The van der Waals surface area contributed by atoms with Crippen LogP contribution in [-0.4, -0.2) is 35.1 Å². The summed E-state index contributed by atoms with van der Waals surface area (Å²) < 4.78 is 0. The van der Waals surface area contributed by atoms with Gasteiger partial charge in [0.15, 0.2) is 0 Å². The van der Waals surface area contributed by atoms with E-state index in [9.17, 15) is 0 Å². The Kier molecular flexibility index (Phi) is 6.59. The van der Waals surface area contributed by atoms with Crippen LogP contribution < -0.4 is 5.32 Å². The fourth-order valence-corrected chi connectivity index (χ4v) is 6.08. The van der Waals surface area contributed by atoms with Crippen LogP contribution in [0.2, 0.25) is 0 Å². The molecule has 100 valence electrons. The fraction of sp³-hybridized carbons (Fsp3) is 1.00. The van der Waals surface area contributed by atoms with E-state index in [1.807, 2.05) is 0 Å². The van der Waals surface area contributed by atoms with Crippen LogP contribution in [0.25, 0.3) is 0 Å². The van der Waals surface area contributed by atoms with E-state index in [2.05, 4.69) is 35.8 Å². The van der Waals surface area contributed by atoms with Gasteiger partial charge in [0, 0.05) is 28.6 Å². The second-order valence-electron chi connectivity index (χ2n) is 5.36. The van der Waals surface area contributed by atoms with Gasteiger partial charge >= 0.3 is 0 Å². The van der Waals surface area contributed by atoms with Gasteiger partial charge in [0.2, 0.25) is 0 Å². The molecular formula is C14H27NS2. The smallest absolute Gasteiger partial charge is 0.0294 e. The summed E-state index contributed by atoms with van der Waals surface area (Å²) in [6.07, 6.45) is 8.64. The predicted octanol–water partition coefficient (Wildman–Crippen LogP) is 3.78. The highest BCUT2D eigenvalue weighted by Crippen LogP contribution is 2.34. The quantitative estimate of drug-likeness (QED) is 0.818. The Hall–Kier alpha value is 0.660. The van der Waals surface area contributed by atoms with Crippen molar-refractivity contribution in [2.75, 3.05) is 23.8 Å². The molecule has 1 saturated carbocycles. The normalized spacial score (nSPS) is 29.1. The third kappa shape index (κ3) is 4.36. The van der Waals surface area contributed by atoms with Crippen LogP contribution in [0.15, 0.2) is 0 Å². The van der Waals surface area contributed by atoms with E-state index in [-0.39, 0.29) is 0 Å². The maximum Gasteiger partial charge on any atom is 0.0294 e. The largest absolute Gasteiger partial charge is 0.313 e. The molecule has 0 radical (unpaired) electrons. The molecule has 1 heterocycles. The van der Waals surface area contributed by atoms with Gasteiger partial charge in [-0.25, -0.2) is 0 Å². The molecule has 0 aromatic rings. The zero-order valence-electron chi connectivity index (χ0n) is 11.1. The first kappa shape index (κ1) is 14.1. The first-order valence-corrected chi connectivity index (χ1v) is 9.55. The number of hydrogen-bond acceptors (Lipinski definition) is 3. The van der Waals surface area contributed by atoms with Gasteiger partial charge in [-0.2, -0.15) is 23.5 Å².